The maximum Gasteiger partial charge on any atom is 0.135 e. The van der Waals surface area contributed by atoms with Crippen molar-refractivity contribution in [3.8, 4) is 6.07 Å². The first kappa shape index (κ1) is 10.8. The fourth-order valence-electron chi connectivity index (χ4n) is 0.875. The second-order valence-electron chi connectivity index (χ2n) is 3.12. The van der Waals surface area contributed by atoms with Gasteiger partial charge in [0.05, 0.1) is 5.70 Å². The summed E-state index contributed by atoms with van der Waals surface area (Å²) in [6.07, 6.45) is 0. The monoisotopic (exact) mass is 168 g/mol. The van der Waals surface area contributed by atoms with Crippen molar-refractivity contribution in [1.29, 1.82) is 5.26 Å². The Morgan fingerprint density at radius 3 is 2.08 bits per heavy atom. The molecule has 0 amide bonds. The van der Waals surface area contributed by atoms with E-state index in [0.29, 0.717) is 17.9 Å². The maximum atomic E-state index is 8.73. The number of likely N-dealkylation sites (N-methyl/N-ethyl adjacent to an activating group) is 1. The molecule has 0 unspecified atom stereocenters. The topological polar surface area (TPSA) is 56.3 Å². The SMILES string of the molecule is CN(C)C/C(N)=C(\C#N)N(C)C. The molecule has 0 heterocycles. The van der Waals surface area contributed by atoms with Gasteiger partial charge < -0.3 is 15.5 Å². The summed E-state index contributed by atoms with van der Waals surface area (Å²) in [6, 6.07) is 2.06. The highest BCUT2D eigenvalue weighted by molar-refractivity contribution is 5.24. The summed E-state index contributed by atoms with van der Waals surface area (Å²) in [7, 11) is 7.44. The van der Waals surface area contributed by atoms with Gasteiger partial charge in [-0.25, -0.2) is 0 Å². The summed E-state index contributed by atoms with van der Waals surface area (Å²) in [5.74, 6) is 0. The second-order valence-corrected chi connectivity index (χ2v) is 3.12. The van der Waals surface area contributed by atoms with Crippen LogP contribution >= 0.6 is 0 Å². The zero-order chi connectivity index (χ0) is 9.72. The van der Waals surface area contributed by atoms with Gasteiger partial charge in [-0.05, 0) is 14.1 Å². The number of nitrogens with two attached hydrogens (primary N) is 1. The molecule has 0 spiro atoms. The Morgan fingerprint density at radius 2 is 1.83 bits per heavy atom. The molecule has 12 heavy (non-hydrogen) atoms. The highest BCUT2D eigenvalue weighted by Gasteiger charge is 2.05. The number of nitrogens with zero attached hydrogens (tertiary/aromatic N) is 3. The fourth-order valence-corrected chi connectivity index (χ4v) is 0.875. The minimum atomic E-state index is 0.531. The lowest BCUT2D eigenvalue weighted by Gasteiger charge is -2.16. The summed E-state index contributed by atoms with van der Waals surface area (Å²) in [4.78, 5) is 3.65. The Labute approximate surface area is 73.9 Å². The van der Waals surface area contributed by atoms with E-state index in [1.807, 2.05) is 19.0 Å². The lowest BCUT2D eigenvalue weighted by molar-refractivity contribution is 0.431. The van der Waals surface area contributed by atoms with Crippen LogP contribution in [0.25, 0.3) is 0 Å². The van der Waals surface area contributed by atoms with Gasteiger partial charge in [-0.15, -0.1) is 0 Å². The molecule has 4 nitrogen and oxygen atoms in total. The molecule has 0 aliphatic rings. The van der Waals surface area contributed by atoms with E-state index in [1.165, 1.54) is 0 Å². The average Bonchev–Trinajstić information content (AvgIpc) is 1.85. The van der Waals surface area contributed by atoms with Gasteiger partial charge in [-0.1, -0.05) is 0 Å². The minimum Gasteiger partial charge on any atom is -0.399 e. The van der Waals surface area contributed by atoms with E-state index in [-0.39, 0.29) is 0 Å². The van der Waals surface area contributed by atoms with Crippen molar-refractivity contribution in [3.05, 3.63) is 11.4 Å². The zero-order valence-electron chi connectivity index (χ0n) is 8.13. The molecule has 0 radical (unpaired) electrons. The van der Waals surface area contributed by atoms with Crippen LogP contribution in [-0.2, 0) is 0 Å². The standard InChI is InChI=1S/C8H16N4/c1-11(2)6-7(10)8(5-9)12(3)4/h6,10H2,1-4H3/b8-7-. The van der Waals surface area contributed by atoms with Gasteiger partial charge in [0.15, 0.2) is 0 Å². The highest BCUT2D eigenvalue weighted by atomic mass is 15.1. The van der Waals surface area contributed by atoms with E-state index in [2.05, 4.69) is 6.07 Å². The van der Waals surface area contributed by atoms with Crippen molar-refractivity contribution >= 4 is 0 Å². The van der Waals surface area contributed by atoms with Gasteiger partial charge in [0, 0.05) is 20.6 Å². The number of hydrogen-bond donors (Lipinski definition) is 1. The molecule has 68 valence electrons. The average molecular weight is 168 g/mol. The molecule has 0 bridgehead atoms. The van der Waals surface area contributed by atoms with E-state index in [0.717, 1.165) is 0 Å². The van der Waals surface area contributed by atoms with Crippen LogP contribution in [-0.4, -0.2) is 44.5 Å². The molecular weight excluding hydrogens is 152 g/mol. The van der Waals surface area contributed by atoms with Gasteiger partial charge in [-0.3, -0.25) is 0 Å². The molecule has 0 aromatic rings. The Morgan fingerprint density at radius 1 is 1.33 bits per heavy atom. The third-order valence-electron chi connectivity index (χ3n) is 1.34. The van der Waals surface area contributed by atoms with Crippen molar-refractivity contribution in [2.75, 3.05) is 34.7 Å². The molecule has 0 rings (SSSR count). The summed E-state index contributed by atoms with van der Waals surface area (Å²) < 4.78 is 0. The van der Waals surface area contributed by atoms with E-state index in [4.69, 9.17) is 11.0 Å². The number of rotatable bonds is 3. The second kappa shape index (κ2) is 4.62. The van der Waals surface area contributed by atoms with E-state index in [9.17, 15) is 0 Å². The molecule has 0 atom stereocenters. The largest absolute Gasteiger partial charge is 0.399 e. The first-order valence-electron chi connectivity index (χ1n) is 3.69. The summed E-state index contributed by atoms with van der Waals surface area (Å²) in [5.41, 5.74) is 6.84. The third kappa shape index (κ3) is 3.26. The quantitative estimate of drug-likeness (QED) is 0.593. The Hall–Kier alpha value is -1.21. The Balaban J connectivity index is 4.52. The minimum absolute atomic E-state index is 0.531. The summed E-state index contributed by atoms with van der Waals surface area (Å²) in [6.45, 7) is 0.612. The number of allylic oxidation sites excluding steroid dienone is 1. The van der Waals surface area contributed by atoms with Crippen LogP contribution < -0.4 is 5.73 Å². The third-order valence-corrected chi connectivity index (χ3v) is 1.34. The van der Waals surface area contributed by atoms with Crippen LogP contribution in [0.2, 0.25) is 0 Å². The van der Waals surface area contributed by atoms with Gasteiger partial charge in [0.2, 0.25) is 0 Å². The fraction of sp³-hybridized carbons (Fsp3) is 0.625. The maximum absolute atomic E-state index is 8.73. The number of hydrogen-bond acceptors (Lipinski definition) is 4. The van der Waals surface area contributed by atoms with Crippen molar-refractivity contribution in [2.45, 2.75) is 0 Å². The summed E-state index contributed by atoms with van der Waals surface area (Å²) >= 11 is 0. The van der Waals surface area contributed by atoms with Crippen molar-refractivity contribution < 1.29 is 0 Å². The lowest BCUT2D eigenvalue weighted by atomic mass is 10.3. The molecule has 0 aromatic heterocycles. The first-order chi connectivity index (χ1) is 5.49. The van der Waals surface area contributed by atoms with Crippen LogP contribution in [0.4, 0.5) is 0 Å². The van der Waals surface area contributed by atoms with Crippen molar-refractivity contribution in [1.82, 2.24) is 9.80 Å². The molecule has 0 fully saturated rings. The van der Waals surface area contributed by atoms with Gasteiger partial charge >= 0.3 is 0 Å². The van der Waals surface area contributed by atoms with E-state index >= 15 is 0 Å². The molecule has 0 aliphatic carbocycles. The molecule has 0 saturated carbocycles. The predicted octanol–water partition coefficient (Wildman–Crippen LogP) is -0.197. The smallest absolute Gasteiger partial charge is 0.135 e. The highest BCUT2D eigenvalue weighted by Crippen LogP contribution is 2.01. The van der Waals surface area contributed by atoms with E-state index in [1.54, 1.807) is 19.0 Å². The normalized spacial score (nSPS) is 12.3. The van der Waals surface area contributed by atoms with Crippen LogP contribution in [0.1, 0.15) is 0 Å². The van der Waals surface area contributed by atoms with Crippen LogP contribution in [0.3, 0.4) is 0 Å². The van der Waals surface area contributed by atoms with Crippen LogP contribution in [0.5, 0.6) is 0 Å². The molecule has 0 saturated heterocycles. The molecule has 2 N–H and O–H groups in total. The molecule has 0 aliphatic heterocycles. The summed E-state index contributed by atoms with van der Waals surface area (Å²) in [5, 5.41) is 8.73. The zero-order valence-corrected chi connectivity index (χ0v) is 8.13. The van der Waals surface area contributed by atoms with Crippen molar-refractivity contribution in [2.24, 2.45) is 5.73 Å². The molecular formula is C8H16N4. The first-order valence-corrected chi connectivity index (χ1v) is 3.69. The molecule has 0 aromatic carbocycles. The van der Waals surface area contributed by atoms with Gasteiger partial charge in [0.1, 0.15) is 11.8 Å². The van der Waals surface area contributed by atoms with Gasteiger partial charge in [0.25, 0.3) is 0 Å². The molecule has 4 heteroatoms. The predicted molar refractivity (Wildman–Crippen MR) is 49.1 cm³/mol. The lowest BCUT2D eigenvalue weighted by Crippen LogP contribution is -2.24. The van der Waals surface area contributed by atoms with Crippen LogP contribution in [0.15, 0.2) is 11.4 Å². The van der Waals surface area contributed by atoms with Crippen LogP contribution in [0, 0.1) is 11.3 Å². The Bertz CT molecular complexity index is 210. The Kier molecular flexibility index (Phi) is 4.16. The number of nitriles is 1. The van der Waals surface area contributed by atoms with Crippen molar-refractivity contribution in [3.63, 3.8) is 0 Å². The van der Waals surface area contributed by atoms with E-state index < -0.39 is 0 Å². The van der Waals surface area contributed by atoms with Gasteiger partial charge in [-0.2, -0.15) is 5.26 Å².